The third kappa shape index (κ3) is 5.95. The molecule has 1 saturated carbocycles. The number of methoxy groups -OCH3 is 2. The van der Waals surface area contributed by atoms with Gasteiger partial charge in [-0.25, -0.2) is 4.98 Å². The first-order valence-electron chi connectivity index (χ1n) is 11.6. The molecule has 4 rings (SSSR count). The van der Waals surface area contributed by atoms with Gasteiger partial charge >= 0.3 is 0 Å². The second-order valence-corrected chi connectivity index (χ2v) is 8.92. The van der Waals surface area contributed by atoms with Crippen molar-refractivity contribution in [3.8, 4) is 28.4 Å². The van der Waals surface area contributed by atoms with Crippen molar-refractivity contribution >= 4 is 29.4 Å². The van der Waals surface area contributed by atoms with E-state index in [0.29, 0.717) is 47.0 Å². The van der Waals surface area contributed by atoms with Crippen molar-refractivity contribution < 1.29 is 19.1 Å². The highest BCUT2D eigenvalue weighted by Crippen LogP contribution is 2.32. The smallest absolute Gasteiger partial charge is 0.246 e. The van der Waals surface area contributed by atoms with Crippen LogP contribution in [0.2, 0.25) is 5.02 Å². The number of imidazole rings is 1. The number of ether oxygens (including phenoxy) is 2. The SMILES string of the molecule is CCC(=O)N(CC(=O)Nc1nc(-c2ccc(Cl)cc2)cn1-c1ccc(OC)c(OC)c1)CC1CC1. The summed E-state index contributed by atoms with van der Waals surface area (Å²) in [5.74, 6) is 1.63. The molecule has 1 aromatic heterocycles. The summed E-state index contributed by atoms with van der Waals surface area (Å²) >= 11 is 6.05. The number of rotatable bonds is 10. The lowest BCUT2D eigenvalue weighted by Crippen LogP contribution is -2.39. The Bertz CT molecular complexity index is 1200. The first kappa shape index (κ1) is 24.6. The van der Waals surface area contributed by atoms with Crippen molar-refractivity contribution in [2.75, 3.05) is 32.6 Å². The highest BCUT2D eigenvalue weighted by Gasteiger charge is 2.27. The van der Waals surface area contributed by atoms with Crippen LogP contribution in [0.15, 0.2) is 48.7 Å². The summed E-state index contributed by atoms with van der Waals surface area (Å²) in [6.07, 6.45) is 4.40. The number of carbonyl (C=O) groups excluding carboxylic acids is 2. The van der Waals surface area contributed by atoms with Crippen molar-refractivity contribution in [2.24, 2.45) is 5.92 Å². The van der Waals surface area contributed by atoms with Gasteiger partial charge < -0.3 is 14.4 Å². The maximum Gasteiger partial charge on any atom is 0.246 e. The second-order valence-electron chi connectivity index (χ2n) is 8.49. The lowest BCUT2D eigenvalue weighted by atomic mass is 10.2. The van der Waals surface area contributed by atoms with Crippen molar-refractivity contribution in [1.82, 2.24) is 14.5 Å². The Morgan fingerprint density at radius 2 is 1.83 bits per heavy atom. The summed E-state index contributed by atoms with van der Waals surface area (Å²) in [7, 11) is 3.14. The molecule has 2 aromatic carbocycles. The predicted molar refractivity (Wildman–Crippen MR) is 135 cm³/mol. The van der Waals surface area contributed by atoms with Gasteiger partial charge in [0.05, 0.1) is 32.1 Å². The molecule has 8 nitrogen and oxygen atoms in total. The van der Waals surface area contributed by atoms with E-state index in [-0.39, 0.29) is 18.4 Å². The number of nitrogens with one attached hydrogen (secondary N) is 1. The largest absolute Gasteiger partial charge is 0.493 e. The predicted octanol–water partition coefficient (Wildman–Crippen LogP) is 4.80. The summed E-state index contributed by atoms with van der Waals surface area (Å²) < 4.78 is 12.6. The third-order valence-corrected chi connectivity index (χ3v) is 6.16. The van der Waals surface area contributed by atoms with Crippen LogP contribution in [-0.2, 0) is 9.59 Å². The van der Waals surface area contributed by atoms with E-state index in [1.807, 2.05) is 37.4 Å². The van der Waals surface area contributed by atoms with Gasteiger partial charge in [0.15, 0.2) is 11.5 Å². The Morgan fingerprint density at radius 1 is 1.11 bits per heavy atom. The molecule has 0 radical (unpaired) electrons. The molecule has 0 bridgehead atoms. The highest BCUT2D eigenvalue weighted by atomic mass is 35.5. The molecule has 1 aliphatic carbocycles. The van der Waals surface area contributed by atoms with Crippen LogP contribution in [0.3, 0.4) is 0 Å². The van der Waals surface area contributed by atoms with Crippen molar-refractivity contribution in [3.05, 3.63) is 53.7 Å². The second kappa shape index (κ2) is 10.8. The van der Waals surface area contributed by atoms with Gasteiger partial charge in [0.25, 0.3) is 0 Å². The molecule has 184 valence electrons. The molecule has 1 N–H and O–H groups in total. The minimum atomic E-state index is -0.303. The number of hydrogen-bond donors (Lipinski definition) is 1. The van der Waals surface area contributed by atoms with Gasteiger partial charge in [-0.05, 0) is 43.0 Å². The van der Waals surface area contributed by atoms with Gasteiger partial charge in [0.1, 0.15) is 0 Å². The maximum atomic E-state index is 13.0. The van der Waals surface area contributed by atoms with Crippen LogP contribution in [0.5, 0.6) is 11.5 Å². The van der Waals surface area contributed by atoms with Crippen LogP contribution in [0.4, 0.5) is 5.95 Å². The molecular weight excluding hydrogens is 468 g/mol. The van der Waals surface area contributed by atoms with Gasteiger partial charge in [0.2, 0.25) is 17.8 Å². The van der Waals surface area contributed by atoms with Gasteiger partial charge in [-0.3, -0.25) is 19.5 Å². The minimum Gasteiger partial charge on any atom is -0.493 e. The summed E-state index contributed by atoms with van der Waals surface area (Å²) in [5, 5.41) is 3.52. The van der Waals surface area contributed by atoms with E-state index in [9.17, 15) is 9.59 Å². The molecule has 1 fully saturated rings. The van der Waals surface area contributed by atoms with Crippen LogP contribution >= 0.6 is 11.6 Å². The molecule has 0 unspecified atom stereocenters. The number of aromatic nitrogens is 2. The van der Waals surface area contributed by atoms with Crippen LogP contribution < -0.4 is 14.8 Å². The monoisotopic (exact) mass is 496 g/mol. The molecule has 1 heterocycles. The van der Waals surface area contributed by atoms with Gasteiger partial charge in [-0.15, -0.1) is 0 Å². The van der Waals surface area contributed by atoms with E-state index in [4.69, 9.17) is 21.1 Å². The molecule has 3 aromatic rings. The average Bonchev–Trinajstić information content (AvgIpc) is 3.60. The van der Waals surface area contributed by atoms with Gasteiger partial charge in [-0.2, -0.15) is 0 Å². The van der Waals surface area contributed by atoms with E-state index < -0.39 is 0 Å². The summed E-state index contributed by atoms with van der Waals surface area (Å²) in [4.78, 5) is 31.7. The minimum absolute atomic E-state index is 0.0156. The Labute approximate surface area is 209 Å². The first-order chi connectivity index (χ1) is 16.9. The quantitative estimate of drug-likeness (QED) is 0.436. The Hall–Kier alpha value is -3.52. The Morgan fingerprint density at radius 3 is 2.46 bits per heavy atom. The number of hydrogen-bond acceptors (Lipinski definition) is 5. The third-order valence-electron chi connectivity index (χ3n) is 5.91. The zero-order chi connectivity index (χ0) is 24.9. The fourth-order valence-corrected chi connectivity index (χ4v) is 3.95. The van der Waals surface area contributed by atoms with Crippen LogP contribution in [0, 0.1) is 5.92 Å². The van der Waals surface area contributed by atoms with E-state index in [1.165, 1.54) is 0 Å². The van der Waals surface area contributed by atoms with Crippen LogP contribution in [0.25, 0.3) is 16.9 Å². The number of halogens is 1. The number of nitrogens with zero attached hydrogens (tertiary/aromatic N) is 3. The maximum absolute atomic E-state index is 13.0. The van der Waals surface area contributed by atoms with Crippen molar-refractivity contribution in [1.29, 1.82) is 0 Å². The molecular formula is C26H29ClN4O4. The average molecular weight is 497 g/mol. The number of amides is 2. The molecule has 2 amide bonds. The Kier molecular flexibility index (Phi) is 7.60. The first-order valence-corrected chi connectivity index (χ1v) is 11.9. The number of benzene rings is 2. The summed E-state index contributed by atoms with van der Waals surface area (Å²) in [6, 6.07) is 12.8. The lowest BCUT2D eigenvalue weighted by Gasteiger charge is -2.21. The summed E-state index contributed by atoms with van der Waals surface area (Å²) in [5.41, 5.74) is 2.23. The fraction of sp³-hybridized carbons (Fsp3) is 0.346. The van der Waals surface area contributed by atoms with E-state index in [2.05, 4.69) is 10.3 Å². The molecule has 35 heavy (non-hydrogen) atoms. The topological polar surface area (TPSA) is 85.7 Å². The standard InChI is InChI=1S/C26H29ClN4O4/c1-4-25(33)30(14-17-5-6-17)16-24(32)29-26-28-21(18-7-9-19(27)10-8-18)15-31(26)20-11-12-22(34-2)23(13-20)35-3/h7-13,15,17H,4-6,14,16H2,1-3H3,(H,28,29,32). The van der Waals surface area contributed by atoms with Crippen molar-refractivity contribution in [3.63, 3.8) is 0 Å². The summed E-state index contributed by atoms with van der Waals surface area (Å²) in [6.45, 7) is 2.40. The molecule has 0 spiro atoms. The molecule has 1 aliphatic rings. The molecule has 0 atom stereocenters. The van der Waals surface area contributed by atoms with Gasteiger partial charge in [-0.1, -0.05) is 30.7 Å². The number of carbonyl (C=O) groups is 2. The highest BCUT2D eigenvalue weighted by molar-refractivity contribution is 6.30. The zero-order valence-electron chi connectivity index (χ0n) is 20.1. The van der Waals surface area contributed by atoms with E-state index in [1.54, 1.807) is 41.9 Å². The van der Waals surface area contributed by atoms with Gasteiger partial charge in [0, 0.05) is 35.8 Å². The molecule has 0 saturated heterocycles. The lowest BCUT2D eigenvalue weighted by molar-refractivity contribution is -0.134. The number of anilines is 1. The fourth-order valence-electron chi connectivity index (χ4n) is 3.83. The Balaban J connectivity index is 1.65. The molecule has 0 aliphatic heterocycles. The van der Waals surface area contributed by atoms with E-state index >= 15 is 0 Å². The van der Waals surface area contributed by atoms with Crippen LogP contribution in [0.1, 0.15) is 26.2 Å². The van der Waals surface area contributed by atoms with Crippen LogP contribution in [-0.4, -0.2) is 53.6 Å². The zero-order valence-corrected chi connectivity index (χ0v) is 20.8. The van der Waals surface area contributed by atoms with E-state index in [0.717, 1.165) is 24.1 Å². The molecule has 9 heteroatoms. The normalized spacial score (nSPS) is 12.8. The van der Waals surface area contributed by atoms with Crippen molar-refractivity contribution in [2.45, 2.75) is 26.2 Å².